The van der Waals surface area contributed by atoms with Gasteiger partial charge in [-0.1, -0.05) is 18.2 Å². The van der Waals surface area contributed by atoms with Crippen molar-refractivity contribution in [1.29, 1.82) is 0 Å². The van der Waals surface area contributed by atoms with Gasteiger partial charge in [0.15, 0.2) is 12.4 Å². The summed E-state index contributed by atoms with van der Waals surface area (Å²) in [5.41, 5.74) is 0.349. The minimum atomic E-state index is -1.23. The van der Waals surface area contributed by atoms with E-state index in [0.29, 0.717) is 5.56 Å². The molecule has 1 aromatic rings. The van der Waals surface area contributed by atoms with Crippen molar-refractivity contribution < 1.29 is 29.2 Å². The Hall–Kier alpha value is -1.47. The van der Waals surface area contributed by atoms with Crippen LogP contribution in [0.25, 0.3) is 0 Å². The molecule has 0 bridgehead atoms. The molecule has 1 saturated heterocycles. The smallest absolute Gasteiger partial charge is 0.338 e. The van der Waals surface area contributed by atoms with Crippen LogP contribution in [0.15, 0.2) is 30.3 Å². The zero-order chi connectivity index (χ0) is 13.8. The Morgan fingerprint density at radius 2 is 2.00 bits per heavy atom. The Bertz CT molecular complexity index is 420. The molecular weight excluding hydrogens is 252 g/mol. The number of aliphatic hydroxyl groups excluding tert-OH is 2. The summed E-state index contributed by atoms with van der Waals surface area (Å²) in [5.74, 6) is -0.611. The van der Waals surface area contributed by atoms with Gasteiger partial charge in [-0.05, 0) is 12.1 Å². The van der Waals surface area contributed by atoms with Crippen LogP contribution in [-0.2, 0) is 14.2 Å². The van der Waals surface area contributed by atoms with E-state index in [9.17, 15) is 15.0 Å². The third-order valence-corrected chi connectivity index (χ3v) is 2.91. The molecule has 0 aliphatic carbocycles. The van der Waals surface area contributed by atoms with Gasteiger partial charge in [-0.3, -0.25) is 0 Å². The highest BCUT2D eigenvalue weighted by atomic mass is 16.7. The van der Waals surface area contributed by atoms with Gasteiger partial charge in [0.25, 0.3) is 0 Å². The minimum Gasteiger partial charge on any atom is -0.453 e. The number of carbonyl (C=O) groups excluding carboxylic acids is 1. The van der Waals surface area contributed by atoms with E-state index in [0.717, 1.165) is 0 Å². The molecule has 104 valence electrons. The number of esters is 1. The summed E-state index contributed by atoms with van der Waals surface area (Å²) in [6, 6.07) is 8.36. The monoisotopic (exact) mass is 268 g/mol. The topological polar surface area (TPSA) is 85.2 Å². The summed E-state index contributed by atoms with van der Waals surface area (Å²) in [6.07, 6.45) is -4.32. The van der Waals surface area contributed by atoms with Crippen molar-refractivity contribution in [2.75, 3.05) is 13.7 Å². The maximum atomic E-state index is 11.9. The third-order valence-electron chi connectivity index (χ3n) is 2.91. The van der Waals surface area contributed by atoms with Gasteiger partial charge < -0.3 is 24.4 Å². The van der Waals surface area contributed by atoms with Crippen molar-refractivity contribution in [3.8, 4) is 0 Å². The molecule has 1 aromatic carbocycles. The van der Waals surface area contributed by atoms with Gasteiger partial charge in [-0.2, -0.15) is 0 Å². The highest BCUT2D eigenvalue weighted by molar-refractivity contribution is 5.89. The number of ether oxygens (including phenoxy) is 3. The normalized spacial score (nSPS) is 30.9. The molecule has 1 aliphatic rings. The number of carbonyl (C=O) groups is 1. The Balaban J connectivity index is 2.06. The molecule has 0 amide bonds. The molecule has 6 nitrogen and oxygen atoms in total. The van der Waals surface area contributed by atoms with E-state index >= 15 is 0 Å². The Morgan fingerprint density at radius 3 is 2.63 bits per heavy atom. The molecule has 0 spiro atoms. The van der Waals surface area contributed by atoms with Crippen molar-refractivity contribution in [3.63, 3.8) is 0 Å². The van der Waals surface area contributed by atoms with E-state index in [1.54, 1.807) is 30.3 Å². The van der Waals surface area contributed by atoms with Crippen LogP contribution in [0.3, 0.4) is 0 Å². The molecule has 0 unspecified atom stereocenters. The van der Waals surface area contributed by atoms with Crippen molar-refractivity contribution in [1.82, 2.24) is 0 Å². The molecule has 4 atom stereocenters. The molecule has 0 radical (unpaired) electrons. The fourth-order valence-electron chi connectivity index (χ4n) is 1.89. The minimum absolute atomic E-state index is 0.0672. The average molecular weight is 268 g/mol. The molecule has 2 rings (SSSR count). The van der Waals surface area contributed by atoms with Crippen LogP contribution >= 0.6 is 0 Å². The van der Waals surface area contributed by atoms with E-state index in [1.165, 1.54) is 7.11 Å². The largest absolute Gasteiger partial charge is 0.453 e. The van der Waals surface area contributed by atoms with Crippen LogP contribution in [0.2, 0.25) is 0 Å². The summed E-state index contributed by atoms with van der Waals surface area (Å²) in [5, 5.41) is 19.6. The zero-order valence-electron chi connectivity index (χ0n) is 10.4. The number of aliphatic hydroxyl groups is 2. The lowest BCUT2D eigenvalue weighted by Crippen LogP contribution is -2.55. The number of benzene rings is 1. The SMILES string of the molecule is CO[C@@H]1OC[C@@H](O)[C@@H](OC(=O)c2ccccc2)[C@@H]1O. The summed E-state index contributed by atoms with van der Waals surface area (Å²) >= 11 is 0. The molecule has 0 saturated carbocycles. The van der Waals surface area contributed by atoms with Crippen LogP contribution in [0, 0.1) is 0 Å². The van der Waals surface area contributed by atoms with Crippen molar-refractivity contribution >= 4 is 5.97 Å². The fourth-order valence-corrected chi connectivity index (χ4v) is 1.89. The van der Waals surface area contributed by atoms with Gasteiger partial charge in [0.1, 0.15) is 12.2 Å². The van der Waals surface area contributed by atoms with Crippen molar-refractivity contribution in [3.05, 3.63) is 35.9 Å². The quantitative estimate of drug-likeness (QED) is 0.747. The summed E-state index contributed by atoms with van der Waals surface area (Å²) in [7, 11) is 1.36. The van der Waals surface area contributed by atoms with Gasteiger partial charge in [0.05, 0.1) is 12.2 Å². The van der Waals surface area contributed by atoms with Crippen LogP contribution < -0.4 is 0 Å². The summed E-state index contributed by atoms with van der Waals surface area (Å²) < 4.78 is 15.1. The molecule has 1 fully saturated rings. The van der Waals surface area contributed by atoms with Crippen LogP contribution in [0.4, 0.5) is 0 Å². The van der Waals surface area contributed by atoms with Crippen LogP contribution in [0.5, 0.6) is 0 Å². The highest BCUT2D eigenvalue weighted by Gasteiger charge is 2.41. The zero-order valence-corrected chi connectivity index (χ0v) is 10.4. The van der Waals surface area contributed by atoms with Crippen LogP contribution in [-0.4, -0.2) is 54.5 Å². The fraction of sp³-hybridized carbons (Fsp3) is 0.462. The number of rotatable bonds is 3. The highest BCUT2D eigenvalue weighted by Crippen LogP contribution is 2.20. The first-order valence-electron chi connectivity index (χ1n) is 5.90. The maximum Gasteiger partial charge on any atom is 0.338 e. The Morgan fingerprint density at radius 1 is 1.32 bits per heavy atom. The first kappa shape index (κ1) is 14.0. The lowest BCUT2D eigenvalue weighted by atomic mass is 10.1. The van der Waals surface area contributed by atoms with Crippen molar-refractivity contribution in [2.24, 2.45) is 0 Å². The Kier molecular flexibility index (Phi) is 4.49. The molecule has 19 heavy (non-hydrogen) atoms. The lowest BCUT2D eigenvalue weighted by Gasteiger charge is -2.36. The summed E-state index contributed by atoms with van der Waals surface area (Å²) in [4.78, 5) is 11.9. The van der Waals surface area contributed by atoms with Gasteiger partial charge in [-0.15, -0.1) is 0 Å². The molecule has 2 N–H and O–H groups in total. The van der Waals surface area contributed by atoms with E-state index < -0.39 is 30.6 Å². The number of hydrogen-bond acceptors (Lipinski definition) is 6. The van der Waals surface area contributed by atoms with Crippen molar-refractivity contribution in [2.45, 2.75) is 24.6 Å². The molecule has 1 heterocycles. The lowest BCUT2D eigenvalue weighted by molar-refractivity contribution is -0.261. The van der Waals surface area contributed by atoms with Gasteiger partial charge >= 0.3 is 5.97 Å². The van der Waals surface area contributed by atoms with Gasteiger partial charge in [-0.25, -0.2) is 4.79 Å². The second-order valence-corrected chi connectivity index (χ2v) is 4.23. The third kappa shape index (κ3) is 3.10. The van der Waals surface area contributed by atoms with Gasteiger partial charge in [0, 0.05) is 7.11 Å². The molecular formula is C13H16O6. The second kappa shape index (κ2) is 6.12. The van der Waals surface area contributed by atoms with E-state index in [2.05, 4.69) is 0 Å². The second-order valence-electron chi connectivity index (χ2n) is 4.23. The number of hydrogen-bond donors (Lipinski definition) is 2. The predicted octanol–water partition coefficient (Wildman–Crippen LogP) is -0.0635. The summed E-state index contributed by atoms with van der Waals surface area (Å²) in [6.45, 7) is -0.0672. The van der Waals surface area contributed by atoms with E-state index in [4.69, 9.17) is 14.2 Å². The Labute approximate surface area is 110 Å². The predicted molar refractivity (Wildman–Crippen MR) is 64.4 cm³/mol. The average Bonchev–Trinajstić information content (AvgIpc) is 2.44. The van der Waals surface area contributed by atoms with E-state index in [1.807, 2.05) is 0 Å². The first-order chi connectivity index (χ1) is 9.13. The maximum absolute atomic E-state index is 11.9. The molecule has 1 aliphatic heterocycles. The first-order valence-corrected chi connectivity index (χ1v) is 5.90. The van der Waals surface area contributed by atoms with E-state index in [-0.39, 0.29) is 6.61 Å². The van der Waals surface area contributed by atoms with Crippen LogP contribution in [0.1, 0.15) is 10.4 Å². The number of methoxy groups -OCH3 is 1. The molecule has 6 heteroatoms. The van der Waals surface area contributed by atoms with Gasteiger partial charge in [0.2, 0.25) is 0 Å². The standard InChI is InChI=1S/C13H16O6/c1-17-13-10(15)11(9(14)7-18-13)19-12(16)8-5-3-2-4-6-8/h2-6,9-11,13-15H,7H2,1H3/t9-,10+,11-,13-/m1/s1. The molecule has 0 aromatic heterocycles.